The van der Waals surface area contributed by atoms with E-state index in [2.05, 4.69) is 21.2 Å². The number of alkyl halides is 4. The van der Waals surface area contributed by atoms with Gasteiger partial charge >= 0.3 is 12.3 Å². The molecule has 10 heteroatoms. The van der Waals surface area contributed by atoms with Crippen LogP contribution in [0.3, 0.4) is 0 Å². The Morgan fingerprint density at radius 3 is 2.60 bits per heavy atom. The van der Waals surface area contributed by atoms with Crippen LogP contribution in [0.2, 0.25) is 0 Å². The number of halogens is 6. The number of piperidine rings is 1. The Bertz CT molecular complexity index is 656. The molecule has 1 aliphatic rings. The normalized spacial score (nSPS) is 22.6. The Morgan fingerprint density at radius 1 is 1.44 bits per heavy atom. The van der Waals surface area contributed by atoms with E-state index >= 15 is 0 Å². The number of anilines is 1. The van der Waals surface area contributed by atoms with Crippen molar-refractivity contribution >= 4 is 27.7 Å². The Kier molecular flexibility index (Phi) is 5.80. The van der Waals surface area contributed by atoms with Gasteiger partial charge in [0.15, 0.2) is 0 Å². The fourth-order valence-corrected chi connectivity index (χ4v) is 3.42. The third kappa shape index (κ3) is 4.53. The summed E-state index contributed by atoms with van der Waals surface area (Å²) in [7, 11) is 0. The summed E-state index contributed by atoms with van der Waals surface area (Å²) in [6.45, 7) is 1.24. The number of carbonyl (C=O) groups is 1. The van der Waals surface area contributed by atoms with Crippen LogP contribution < -0.4 is 5.32 Å². The first kappa shape index (κ1) is 19.7. The highest BCUT2D eigenvalue weighted by Gasteiger charge is 2.39. The van der Waals surface area contributed by atoms with Crippen molar-refractivity contribution in [1.82, 2.24) is 4.90 Å². The zero-order chi connectivity index (χ0) is 18.9. The Labute approximate surface area is 149 Å². The van der Waals surface area contributed by atoms with Gasteiger partial charge < -0.3 is 15.3 Å². The minimum absolute atomic E-state index is 0.0887. The van der Waals surface area contributed by atoms with Crippen molar-refractivity contribution < 1.29 is 31.9 Å². The average Bonchev–Trinajstić information content (AvgIpc) is 2.44. The van der Waals surface area contributed by atoms with E-state index in [4.69, 9.17) is 5.11 Å². The van der Waals surface area contributed by atoms with Crippen LogP contribution in [0, 0.1) is 11.7 Å². The molecule has 1 aromatic carbocycles. The number of amides is 1. The average molecular weight is 431 g/mol. The molecule has 0 radical (unpaired) electrons. The molecule has 0 saturated carbocycles. The summed E-state index contributed by atoms with van der Waals surface area (Å²) in [5.41, 5.74) is -1.93. The van der Waals surface area contributed by atoms with Gasteiger partial charge in [-0.3, -0.25) is 0 Å². The SMILES string of the molecule is C[C@H](Nc1cc(Br)cc(F)c1C(F)(F)F)[C@H]1CCN(C(=O)O)C[C@H]1F. The fourth-order valence-electron chi connectivity index (χ4n) is 2.99. The van der Waals surface area contributed by atoms with Gasteiger partial charge in [0.2, 0.25) is 0 Å². The number of hydrogen-bond acceptors (Lipinski definition) is 2. The van der Waals surface area contributed by atoms with Gasteiger partial charge in [0.05, 0.1) is 12.2 Å². The molecule has 0 aromatic heterocycles. The maximum absolute atomic E-state index is 14.3. The van der Waals surface area contributed by atoms with Gasteiger partial charge in [-0.1, -0.05) is 15.9 Å². The van der Waals surface area contributed by atoms with E-state index in [1.54, 1.807) is 0 Å². The molecule has 2 rings (SSSR count). The van der Waals surface area contributed by atoms with E-state index in [1.165, 1.54) is 6.92 Å². The van der Waals surface area contributed by atoms with Crippen LogP contribution in [0.25, 0.3) is 0 Å². The molecule has 0 spiro atoms. The molecule has 4 nitrogen and oxygen atoms in total. The standard InChI is InChI=1S/C15H16BrF5N2O2/c1-7(9-2-3-23(14(24)25)6-11(9)18)22-12-5-8(16)4-10(17)13(12)15(19,20)21/h4-5,7,9,11,22H,2-3,6H2,1H3,(H,24,25)/t7-,9+,11+/m0/s1. The first-order valence-electron chi connectivity index (χ1n) is 7.45. The molecular weight excluding hydrogens is 415 g/mol. The van der Waals surface area contributed by atoms with E-state index in [9.17, 15) is 26.7 Å². The lowest BCUT2D eigenvalue weighted by Gasteiger charge is -2.37. The number of carboxylic acid groups (broad SMARTS) is 1. The number of nitrogens with one attached hydrogen (secondary N) is 1. The van der Waals surface area contributed by atoms with E-state index in [0.29, 0.717) is 6.07 Å². The molecule has 0 aliphatic carbocycles. The van der Waals surface area contributed by atoms with Crippen LogP contribution in [-0.4, -0.2) is 41.4 Å². The van der Waals surface area contributed by atoms with Gasteiger partial charge in [0.25, 0.3) is 0 Å². The van der Waals surface area contributed by atoms with Gasteiger partial charge in [-0.05, 0) is 25.5 Å². The van der Waals surface area contributed by atoms with E-state index in [-0.39, 0.29) is 24.0 Å². The molecule has 0 bridgehead atoms. The van der Waals surface area contributed by atoms with E-state index in [1.807, 2.05) is 0 Å². The summed E-state index contributed by atoms with van der Waals surface area (Å²) in [4.78, 5) is 11.8. The molecule has 1 fully saturated rings. The molecule has 1 aliphatic heterocycles. The third-order valence-corrected chi connectivity index (χ3v) is 4.68. The highest BCUT2D eigenvalue weighted by Crippen LogP contribution is 2.39. The smallest absolute Gasteiger partial charge is 0.421 e. The van der Waals surface area contributed by atoms with Crippen LogP contribution in [-0.2, 0) is 6.18 Å². The molecule has 1 amide bonds. The second-order valence-electron chi connectivity index (χ2n) is 5.94. The molecular formula is C15H16BrF5N2O2. The molecule has 1 heterocycles. The Balaban J connectivity index is 2.21. The quantitative estimate of drug-likeness (QED) is 0.680. The summed E-state index contributed by atoms with van der Waals surface area (Å²) in [6.07, 6.45) is -7.53. The van der Waals surface area contributed by atoms with Crippen LogP contribution in [0.4, 0.5) is 32.4 Å². The van der Waals surface area contributed by atoms with Crippen molar-refractivity contribution in [3.05, 3.63) is 28.0 Å². The molecule has 140 valence electrons. The molecule has 1 aromatic rings. The number of likely N-dealkylation sites (tertiary alicyclic amines) is 1. The highest BCUT2D eigenvalue weighted by molar-refractivity contribution is 9.10. The predicted molar refractivity (Wildman–Crippen MR) is 84.8 cm³/mol. The van der Waals surface area contributed by atoms with Crippen molar-refractivity contribution in [2.75, 3.05) is 18.4 Å². The van der Waals surface area contributed by atoms with Gasteiger partial charge in [0.1, 0.15) is 17.6 Å². The molecule has 2 N–H and O–H groups in total. The lowest BCUT2D eigenvalue weighted by Crippen LogP contribution is -2.48. The summed E-state index contributed by atoms with van der Waals surface area (Å²) < 4.78 is 67.5. The first-order valence-corrected chi connectivity index (χ1v) is 8.24. The Hall–Kier alpha value is -1.58. The molecule has 3 atom stereocenters. The lowest BCUT2D eigenvalue weighted by molar-refractivity contribution is -0.139. The van der Waals surface area contributed by atoms with E-state index in [0.717, 1.165) is 11.0 Å². The van der Waals surface area contributed by atoms with Crippen molar-refractivity contribution in [1.29, 1.82) is 0 Å². The fraction of sp³-hybridized carbons (Fsp3) is 0.533. The maximum atomic E-state index is 14.3. The monoisotopic (exact) mass is 430 g/mol. The second-order valence-corrected chi connectivity index (χ2v) is 6.85. The number of benzene rings is 1. The zero-order valence-corrected chi connectivity index (χ0v) is 14.7. The second kappa shape index (κ2) is 7.35. The number of hydrogen-bond donors (Lipinski definition) is 2. The minimum atomic E-state index is -4.91. The van der Waals surface area contributed by atoms with Crippen molar-refractivity contribution in [2.24, 2.45) is 5.92 Å². The molecule has 25 heavy (non-hydrogen) atoms. The van der Waals surface area contributed by atoms with Gasteiger partial charge in [-0.2, -0.15) is 13.2 Å². The third-order valence-electron chi connectivity index (χ3n) is 4.23. The van der Waals surface area contributed by atoms with Crippen LogP contribution >= 0.6 is 15.9 Å². The summed E-state index contributed by atoms with van der Waals surface area (Å²) in [5.74, 6) is -2.13. The first-order chi connectivity index (χ1) is 11.5. The summed E-state index contributed by atoms with van der Waals surface area (Å²) in [5, 5.41) is 11.4. The van der Waals surface area contributed by atoms with Crippen LogP contribution in [0.5, 0.6) is 0 Å². The molecule has 1 saturated heterocycles. The maximum Gasteiger partial charge on any atom is 0.421 e. The van der Waals surface area contributed by atoms with Gasteiger partial charge in [-0.15, -0.1) is 0 Å². The van der Waals surface area contributed by atoms with E-state index < -0.39 is 47.5 Å². The van der Waals surface area contributed by atoms with Crippen LogP contribution in [0.1, 0.15) is 18.9 Å². The van der Waals surface area contributed by atoms with Crippen molar-refractivity contribution in [3.63, 3.8) is 0 Å². The zero-order valence-electron chi connectivity index (χ0n) is 13.1. The Morgan fingerprint density at radius 2 is 2.08 bits per heavy atom. The number of rotatable bonds is 3. The van der Waals surface area contributed by atoms with Gasteiger partial charge in [-0.25, -0.2) is 13.6 Å². The van der Waals surface area contributed by atoms with Crippen molar-refractivity contribution in [2.45, 2.75) is 31.7 Å². The largest absolute Gasteiger partial charge is 0.465 e. The topological polar surface area (TPSA) is 52.6 Å². The minimum Gasteiger partial charge on any atom is -0.465 e. The van der Waals surface area contributed by atoms with Crippen molar-refractivity contribution in [3.8, 4) is 0 Å². The lowest BCUT2D eigenvalue weighted by atomic mass is 9.88. The number of nitrogens with zero attached hydrogens (tertiary/aromatic N) is 1. The predicted octanol–water partition coefficient (Wildman–Crippen LogP) is 4.75. The van der Waals surface area contributed by atoms with Gasteiger partial charge in [0, 0.05) is 23.0 Å². The molecule has 0 unspecified atom stereocenters. The van der Waals surface area contributed by atoms with Crippen LogP contribution in [0.15, 0.2) is 16.6 Å². The highest BCUT2D eigenvalue weighted by atomic mass is 79.9. The summed E-state index contributed by atoms with van der Waals surface area (Å²) in [6, 6.07) is 1.05. The summed E-state index contributed by atoms with van der Waals surface area (Å²) >= 11 is 2.94.